The number of ether oxygens (including phenoxy) is 1. The molecule has 0 aliphatic heterocycles. The minimum absolute atomic E-state index is 0.0639. The van der Waals surface area contributed by atoms with Gasteiger partial charge in [-0.1, -0.05) is 51.2 Å². The van der Waals surface area contributed by atoms with E-state index in [0.717, 1.165) is 37.0 Å². The monoisotopic (exact) mass is 464 g/mol. The molecule has 3 aromatic rings. The highest BCUT2D eigenvalue weighted by Crippen LogP contribution is 2.34. The van der Waals surface area contributed by atoms with Gasteiger partial charge in [0.15, 0.2) is 0 Å². The maximum absolute atomic E-state index is 14.5. The van der Waals surface area contributed by atoms with Gasteiger partial charge in [-0.3, -0.25) is 0 Å². The summed E-state index contributed by atoms with van der Waals surface area (Å²) in [5.41, 5.74) is 0.320. The fraction of sp³-hybridized carbons (Fsp3) is 0.360. The van der Waals surface area contributed by atoms with E-state index in [2.05, 4.69) is 21.6 Å². The lowest BCUT2D eigenvalue weighted by Gasteiger charge is -2.17. The fourth-order valence-corrected chi connectivity index (χ4v) is 3.44. The molecule has 0 fully saturated rings. The van der Waals surface area contributed by atoms with Gasteiger partial charge in [0, 0.05) is 24.5 Å². The Morgan fingerprint density at radius 2 is 1.39 bits per heavy atom. The quantitative estimate of drug-likeness (QED) is 0.217. The Labute approximate surface area is 189 Å². The first kappa shape index (κ1) is 24.6. The standard InChI is InChI=1S/C25H25F5N2O/c1-2-3-4-5-6-7-8-17-15-31-24(32-16-17)25(29,30)33-20-13-21(27)23(22(28)14-20)18-9-11-19(26)12-10-18/h9-16H,2-8H2,1H3. The predicted octanol–water partition coefficient (Wildman–Crippen LogP) is 7.59. The number of alkyl halides is 2. The van der Waals surface area contributed by atoms with Gasteiger partial charge in [0.2, 0.25) is 5.82 Å². The van der Waals surface area contributed by atoms with E-state index >= 15 is 0 Å². The average molecular weight is 464 g/mol. The number of hydrogen-bond acceptors (Lipinski definition) is 3. The normalized spacial score (nSPS) is 11.6. The van der Waals surface area contributed by atoms with Gasteiger partial charge in [0.05, 0.1) is 5.56 Å². The Kier molecular flexibility index (Phi) is 8.36. The third-order valence-corrected chi connectivity index (χ3v) is 5.18. The number of nitrogens with zero attached hydrogens (tertiary/aromatic N) is 2. The van der Waals surface area contributed by atoms with Crippen molar-refractivity contribution in [1.29, 1.82) is 0 Å². The molecule has 3 rings (SSSR count). The van der Waals surface area contributed by atoms with Gasteiger partial charge >= 0.3 is 6.11 Å². The number of benzene rings is 2. The van der Waals surface area contributed by atoms with Gasteiger partial charge in [-0.2, -0.15) is 8.78 Å². The molecule has 0 radical (unpaired) electrons. The Morgan fingerprint density at radius 1 is 0.818 bits per heavy atom. The van der Waals surface area contributed by atoms with E-state index in [1.54, 1.807) is 0 Å². The molecule has 1 aromatic heterocycles. The number of hydrogen-bond donors (Lipinski definition) is 0. The molecule has 0 amide bonds. The van der Waals surface area contributed by atoms with E-state index in [9.17, 15) is 22.0 Å². The van der Waals surface area contributed by atoms with Crippen molar-refractivity contribution in [2.75, 3.05) is 0 Å². The fourth-order valence-electron chi connectivity index (χ4n) is 3.44. The summed E-state index contributed by atoms with van der Waals surface area (Å²) in [4.78, 5) is 7.37. The molecule has 8 heteroatoms. The molecule has 0 aliphatic rings. The van der Waals surface area contributed by atoms with Crippen LogP contribution in [0.25, 0.3) is 11.1 Å². The van der Waals surface area contributed by atoms with Gasteiger partial charge in [0.25, 0.3) is 0 Å². The van der Waals surface area contributed by atoms with Gasteiger partial charge in [-0.05, 0) is 36.1 Å². The summed E-state index contributed by atoms with van der Waals surface area (Å²) in [6.07, 6.45) is 5.96. The van der Waals surface area contributed by atoms with Crippen LogP contribution in [0.5, 0.6) is 5.75 Å². The van der Waals surface area contributed by atoms with Crippen molar-refractivity contribution in [3.8, 4) is 16.9 Å². The third-order valence-electron chi connectivity index (χ3n) is 5.18. The maximum Gasteiger partial charge on any atom is 0.462 e. The average Bonchev–Trinajstić information content (AvgIpc) is 2.77. The summed E-state index contributed by atoms with van der Waals surface area (Å²) in [6.45, 7) is 2.15. The Morgan fingerprint density at radius 3 is 2.00 bits per heavy atom. The molecule has 1 heterocycles. The van der Waals surface area contributed by atoms with Crippen LogP contribution >= 0.6 is 0 Å². The maximum atomic E-state index is 14.5. The van der Waals surface area contributed by atoms with Gasteiger partial charge in [0.1, 0.15) is 23.2 Å². The first-order valence-electron chi connectivity index (χ1n) is 10.9. The van der Waals surface area contributed by atoms with Gasteiger partial charge in [-0.25, -0.2) is 23.1 Å². The van der Waals surface area contributed by atoms with Gasteiger partial charge in [-0.15, -0.1) is 0 Å². The Balaban J connectivity index is 1.65. The van der Waals surface area contributed by atoms with Crippen LogP contribution in [0.4, 0.5) is 22.0 Å². The number of halogens is 5. The Hall–Kier alpha value is -3.03. The van der Waals surface area contributed by atoms with E-state index < -0.39 is 40.7 Å². The zero-order chi connectivity index (χ0) is 23.8. The molecule has 2 aromatic carbocycles. The molecule has 3 nitrogen and oxygen atoms in total. The minimum atomic E-state index is -3.99. The van der Waals surface area contributed by atoms with Crippen molar-refractivity contribution in [2.24, 2.45) is 0 Å². The molecule has 0 N–H and O–H groups in total. The summed E-state index contributed by atoms with van der Waals surface area (Å²) in [5.74, 6) is -4.44. The summed E-state index contributed by atoms with van der Waals surface area (Å²) < 4.78 is 75.5. The van der Waals surface area contributed by atoms with Crippen LogP contribution in [0.2, 0.25) is 0 Å². The second kappa shape index (κ2) is 11.2. The van der Waals surface area contributed by atoms with Crippen molar-refractivity contribution in [2.45, 2.75) is 58.0 Å². The summed E-state index contributed by atoms with van der Waals surface area (Å²) in [7, 11) is 0. The molecule has 0 saturated carbocycles. The highest BCUT2D eigenvalue weighted by atomic mass is 19.3. The molecular formula is C25H25F5N2O. The highest BCUT2D eigenvalue weighted by molar-refractivity contribution is 5.65. The smallest absolute Gasteiger partial charge is 0.426 e. The third kappa shape index (κ3) is 6.73. The molecule has 0 saturated heterocycles. The molecule has 0 spiro atoms. The van der Waals surface area contributed by atoms with Crippen molar-refractivity contribution in [3.63, 3.8) is 0 Å². The predicted molar refractivity (Wildman–Crippen MR) is 115 cm³/mol. The highest BCUT2D eigenvalue weighted by Gasteiger charge is 2.38. The number of unbranched alkanes of at least 4 members (excludes halogenated alkanes) is 5. The molecule has 33 heavy (non-hydrogen) atoms. The van der Waals surface area contributed by atoms with E-state index in [1.165, 1.54) is 43.8 Å². The van der Waals surface area contributed by atoms with Crippen molar-refractivity contribution < 1.29 is 26.7 Å². The SMILES string of the molecule is CCCCCCCCc1cnc(C(F)(F)Oc2cc(F)c(-c3ccc(F)cc3)c(F)c2)nc1. The van der Waals surface area contributed by atoms with Crippen LogP contribution in [0.15, 0.2) is 48.8 Å². The summed E-state index contributed by atoms with van der Waals surface area (Å²) >= 11 is 0. The summed E-state index contributed by atoms with van der Waals surface area (Å²) in [6, 6.07) is 5.74. The Bertz CT molecular complexity index is 1020. The molecule has 0 aliphatic carbocycles. The van der Waals surface area contributed by atoms with E-state index in [1.807, 2.05) is 0 Å². The number of aryl methyl sites for hydroxylation is 1. The van der Waals surface area contributed by atoms with Crippen LogP contribution < -0.4 is 4.74 Å². The van der Waals surface area contributed by atoms with Crippen molar-refractivity contribution in [3.05, 3.63) is 77.6 Å². The van der Waals surface area contributed by atoms with Crippen LogP contribution in [-0.4, -0.2) is 9.97 Å². The van der Waals surface area contributed by atoms with Gasteiger partial charge < -0.3 is 4.74 Å². The lowest BCUT2D eigenvalue weighted by Crippen LogP contribution is -2.25. The van der Waals surface area contributed by atoms with E-state index in [4.69, 9.17) is 0 Å². The van der Waals surface area contributed by atoms with Crippen LogP contribution in [0.3, 0.4) is 0 Å². The topological polar surface area (TPSA) is 35.0 Å². The van der Waals surface area contributed by atoms with Crippen LogP contribution in [0, 0.1) is 17.5 Å². The zero-order valence-corrected chi connectivity index (χ0v) is 18.3. The molecule has 0 bridgehead atoms. The van der Waals surface area contributed by atoms with Crippen LogP contribution in [-0.2, 0) is 12.5 Å². The molecule has 0 unspecified atom stereocenters. The second-order valence-electron chi connectivity index (χ2n) is 7.82. The van der Waals surface area contributed by atoms with Crippen molar-refractivity contribution >= 4 is 0 Å². The lowest BCUT2D eigenvalue weighted by molar-refractivity contribution is -0.192. The lowest BCUT2D eigenvalue weighted by atomic mass is 10.0. The largest absolute Gasteiger partial charge is 0.462 e. The minimum Gasteiger partial charge on any atom is -0.426 e. The van der Waals surface area contributed by atoms with E-state index in [0.29, 0.717) is 18.6 Å². The first-order valence-corrected chi connectivity index (χ1v) is 10.9. The van der Waals surface area contributed by atoms with E-state index in [-0.39, 0.29) is 5.56 Å². The second-order valence-corrected chi connectivity index (χ2v) is 7.82. The summed E-state index contributed by atoms with van der Waals surface area (Å²) in [5, 5.41) is 0. The first-order chi connectivity index (χ1) is 15.8. The van der Waals surface area contributed by atoms with Crippen LogP contribution in [0.1, 0.15) is 56.8 Å². The number of rotatable bonds is 11. The number of aromatic nitrogens is 2. The molecule has 176 valence electrons. The zero-order valence-electron chi connectivity index (χ0n) is 18.3. The van der Waals surface area contributed by atoms with Crippen molar-refractivity contribution in [1.82, 2.24) is 9.97 Å². The molecule has 0 atom stereocenters. The molecular weight excluding hydrogens is 439 g/mol.